The van der Waals surface area contributed by atoms with E-state index in [0.717, 1.165) is 0 Å². The summed E-state index contributed by atoms with van der Waals surface area (Å²) in [6.45, 7) is 7.13. The number of carbonyl (C=O) groups is 3. The van der Waals surface area contributed by atoms with Crippen LogP contribution in [0.15, 0.2) is 0 Å². The van der Waals surface area contributed by atoms with Crippen molar-refractivity contribution in [1.29, 1.82) is 0 Å². The second kappa shape index (κ2) is 7.68. The quantitative estimate of drug-likeness (QED) is 0.594. The molecule has 0 fully saturated rings. The van der Waals surface area contributed by atoms with E-state index in [-0.39, 0.29) is 11.8 Å². The van der Waals surface area contributed by atoms with Crippen LogP contribution in [0.4, 0.5) is 0 Å². The van der Waals surface area contributed by atoms with Gasteiger partial charge in [0.25, 0.3) is 0 Å². The molecule has 0 aromatic rings. The Bertz CT molecular complexity index is 316. The number of primary amides is 1. The van der Waals surface area contributed by atoms with Crippen LogP contribution in [0.1, 0.15) is 40.5 Å². The predicted molar refractivity (Wildman–Crippen MR) is 68.5 cm³/mol. The molecule has 6 heteroatoms. The van der Waals surface area contributed by atoms with Crippen LogP contribution in [-0.2, 0) is 14.4 Å². The van der Waals surface area contributed by atoms with Crippen molar-refractivity contribution in [3.05, 3.63) is 0 Å². The van der Waals surface area contributed by atoms with Gasteiger partial charge in [0.05, 0.1) is 0 Å². The molecule has 0 radical (unpaired) electrons. The second-order valence-corrected chi connectivity index (χ2v) is 4.74. The normalized spacial score (nSPS) is 13.8. The predicted octanol–water partition coefficient (Wildman–Crippen LogP) is -0.0827. The fourth-order valence-electron chi connectivity index (χ4n) is 1.42. The molecule has 104 valence electrons. The molecule has 0 spiro atoms. The van der Waals surface area contributed by atoms with Gasteiger partial charge >= 0.3 is 0 Å². The van der Waals surface area contributed by atoms with Crippen molar-refractivity contribution in [2.45, 2.75) is 52.6 Å². The summed E-state index contributed by atoms with van der Waals surface area (Å²) in [5.41, 5.74) is 5.22. The van der Waals surface area contributed by atoms with E-state index in [4.69, 9.17) is 5.73 Å². The molecule has 3 amide bonds. The third-order valence-corrected chi connectivity index (χ3v) is 2.46. The van der Waals surface area contributed by atoms with Gasteiger partial charge in [0, 0.05) is 6.42 Å². The lowest BCUT2D eigenvalue weighted by Gasteiger charge is -2.20. The zero-order chi connectivity index (χ0) is 14.3. The Morgan fingerprint density at radius 3 is 2.06 bits per heavy atom. The highest BCUT2D eigenvalue weighted by atomic mass is 16.2. The van der Waals surface area contributed by atoms with Crippen molar-refractivity contribution in [3.63, 3.8) is 0 Å². The van der Waals surface area contributed by atoms with Gasteiger partial charge in [-0.2, -0.15) is 0 Å². The van der Waals surface area contributed by atoms with Crippen molar-refractivity contribution < 1.29 is 14.4 Å². The Hall–Kier alpha value is -1.59. The topological polar surface area (TPSA) is 101 Å². The molecule has 0 aliphatic heterocycles. The first kappa shape index (κ1) is 16.4. The van der Waals surface area contributed by atoms with E-state index in [2.05, 4.69) is 10.6 Å². The summed E-state index contributed by atoms with van der Waals surface area (Å²) >= 11 is 0. The van der Waals surface area contributed by atoms with Crippen LogP contribution in [0.3, 0.4) is 0 Å². The van der Waals surface area contributed by atoms with Gasteiger partial charge < -0.3 is 16.4 Å². The maximum absolute atomic E-state index is 11.8. The maximum atomic E-state index is 11.8. The summed E-state index contributed by atoms with van der Waals surface area (Å²) in [6.07, 6.45) is 0.790. The smallest absolute Gasteiger partial charge is 0.242 e. The molecular weight excluding hydrogens is 234 g/mol. The van der Waals surface area contributed by atoms with E-state index in [1.165, 1.54) is 0 Å². The Morgan fingerprint density at radius 2 is 1.67 bits per heavy atom. The van der Waals surface area contributed by atoms with Gasteiger partial charge in [0.2, 0.25) is 17.7 Å². The Balaban J connectivity index is 4.41. The van der Waals surface area contributed by atoms with Crippen LogP contribution in [-0.4, -0.2) is 29.8 Å². The van der Waals surface area contributed by atoms with Crippen molar-refractivity contribution in [2.24, 2.45) is 11.7 Å². The largest absolute Gasteiger partial charge is 0.368 e. The molecule has 0 saturated carbocycles. The standard InChI is InChI=1S/C12H23N3O3/c1-5-10(16)14-8(4)12(18)15-9(11(13)17)6-7(2)3/h7-9H,5-6H2,1-4H3,(H2,13,17)(H,14,16)(H,15,18)/t8-,9-/m0/s1. The van der Waals surface area contributed by atoms with Gasteiger partial charge in [-0.3, -0.25) is 14.4 Å². The summed E-state index contributed by atoms with van der Waals surface area (Å²) in [6, 6.07) is -1.37. The number of nitrogens with two attached hydrogens (primary N) is 1. The van der Waals surface area contributed by atoms with Crippen LogP contribution in [0.25, 0.3) is 0 Å². The number of nitrogens with one attached hydrogen (secondary N) is 2. The molecule has 4 N–H and O–H groups in total. The van der Waals surface area contributed by atoms with E-state index in [9.17, 15) is 14.4 Å². The zero-order valence-electron chi connectivity index (χ0n) is 11.4. The Labute approximate surface area is 108 Å². The van der Waals surface area contributed by atoms with E-state index in [0.29, 0.717) is 12.8 Å². The highest BCUT2D eigenvalue weighted by Crippen LogP contribution is 2.04. The molecular formula is C12H23N3O3. The van der Waals surface area contributed by atoms with Gasteiger partial charge in [-0.15, -0.1) is 0 Å². The molecule has 0 unspecified atom stereocenters. The van der Waals surface area contributed by atoms with E-state index in [1.807, 2.05) is 13.8 Å². The third kappa shape index (κ3) is 6.22. The lowest BCUT2D eigenvalue weighted by atomic mass is 10.0. The van der Waals surface area contributed by atoms with Crippen molar-refractivity contribution in [3.8, 4) is 0 Å². The third-order valence-electron chi connectivity index (χ3n) is 2.46. The molecule has 0 heterocycles. The van der Waals surface area contributed by atoms with Crippen LogP contribution in [0.5, 0.6) is 0 Å². The number of carbonyl (C=O) groups excluding carboxylic acids is 3. The Kier molecular flexibility index (Phi) is 7.00. The van der Waals surface area contributed by atoms with Crippen LogP contribution >= 0.6 is 0 Å². The van der Waals surface area contributed by atoms with Crippen molar-refractivity contribution in [1.82, 2.24) is 10.6 Å². The Morgan fingerprint density at radius 1 is 1.11 bits per heavy atom. The highest BCUT2D eigenvalue weighted by Gasteiger charge is 2.22. The number of hydrogen-bond acceptors (Lipinski definition) is 3. The minimum Gasteiger partial charge on any atom is -0.368 e. The molecule has 0 aromatic heterocycles. The van der Waals surface area contributed by atoms with Gasteiger partial charge in [-0.05, 0) is 19.3 Å². The molecule has 0 aliphatic carbocycles. The van der Waals surface area contributed by atoms with E-state index < -0.39 is 23.9 Å². The zero-order valence-corrected chi connectivity index (χ0v) is 11.4. The molecule has 6 nitrogen and oxygen atoms in total. The summed E-state index contributed by atoms with van der Waals surface area (Å²) in [7, 11) is 0. The number of hydrogen-bond donors (Lipinski definition) is 3. The molecule has 2 atom stereocenters. The monoisotopic (exact) mass is 257 g/mol. The van der Waals surface area contributed by atoms with Crippen molar-refractivity contribution >= 4 is 17.7 Å². The number of rotatable bonds is 7. The van der Waals surface area contributed by atoms with Gasteiger partial charge in [-0.1, -0.05) is 20.8 Å². The summed E-state index contributed by atoms with van der Waals surface area (Å²) in [5, 5.41) is 5.07. The SMILES string of the molecule is CCC(=O)N[C@@H](C)C(=O)N[C@@H](CC(C)C)C(N)=O. The van der Waals surface area contributed by atoms with Crippen LogP contribution in [0.2, 0.25) is 0 Å². The van der Waals surface area contributed by atoms with E-state index >= 15 is 0 Å². The molecule has 0 aromatic carbocycles. The summed E-state index contributed by atoms with van der Waals surface area (Å²) < 4.78 is 0. The molecule has 0 bridgehead atoms. The van der Waals surface area contributed by atoms with Crippen LogP contribution in [0, 0.1) is 5.92 Å². The maximum Gasteiger partial charge on any atom is 0.242 e. The minimum absolute atomic E-state index is 0.211. The van der Waals surface area contributed by atoms with Gasteiger partial charge in [-0.25, -0.2) is 0 Å². The fourth-order valence-corrected chi connectivity index (χ4v) is 1.42. The minimum atomic E-state index is -0.696. The molecule has 0 aliphatic rings. The van der Waals surface area contributed by atoms with Gasteiger partial charge in [0.1, 0.15) is 12.1 Å². The fraction of sp³-hybridized carbons (Fsp3) is 0.750. The first-order chi connectivity index (χ1) is 8.27. The van der Waals surface area contributed by atoms with Crippen LogP contribution < -0.4 is 16.4 Å². The van der Waals surface area contributed by atoms with E-state index in [1.54, 1.807) is 13.8 Å². The lowest BCUT2D eigenvalue weighted by molar-refractivity contribution is -0.131. The number of amides is 3. The lowest BCUT2D eigenvalue weighted by Crippen LogP contribution is -2.52. The molecule has 0 rings (SSSR count). The molecule has 0 saturated heterocycles. The van der Waals surface area contributed by atoms with Crippen molar-refractivity contribution in [2.75, 3.05) is 0 Å². The van der Waals surface area contributed by atoms with Gasteiger partial charge in [0.15, 0.2) is 0 Å². The second-order valence-electron chi connectivity index (χ2n) is 4.74. The molecule has 18 heavy (non-hydrogen) atoms. The average molecular weight is 257 g/mol. The first-order valence-corrected chi connectivity index (χ1v) is 6.16. The summed E-state index contributed by atoms with van der Waals surface area (Å²) in [5.74, 6) is -0.937. The summed E-state index contributed by atoms with van der Waals surface area (Å²) in [4.78, 5) is 34.1. The first-order valence-electron chi connectivity index (χ1n) is 6.16. The highest BCUT2D eigenvalue weighted by molar-refractivity contribution is 5.91. The average Bonchev–Trinajstić information content (AvgIpc) is 2.26.